The Morgan fingerprint density at radius 3 is 2.85 bits per heavy atom. The number of anilines is 1. The monoisotopic (exact) mass is 281 g/mol. The van der Waals surface area contributed by atoms with Gasteiger partial charge in [-0.2, -0.15) is 0 Å². The quantitative estimate of drug-likeness (QED) is 0.663. The first kappa shape index (κ1) is 15.8. The number of nitrogens with zero attached hydrogens (tertiary/aromatic N) is 1. The summed E-state index contributed by atoms with van der Waals surface area (Å²) in [5, 5.41) is 11.6. The second-order valence-electron chi connectivity index (χ2n) is 4.20. The van der Waals surface area contributed by atoms with E-state index < -0.39 is 12.0 Å². The van der Waals surface area contributed by atoms with E-state index in [9.17, 15) is 9.59 Å². The summed E-state index contributed by atoms with van der Waals surface area (Å²) in [6, 6.07) is 1.17. The van der Waals surface area contributed by atoms with Crippen LogP contribution in [0, 0.1) is 6.92 Å². The number of hydrogen-bond acceptors (Lipinski definition) is 3. The number of aromatic nitrogens is 1. The second kappa shape index (κ2) is 7.34. The maximum absolute atomic E-state index is 12.1. The fourth-order valence-corrected chi connectivity index (χ4v) is 1.68. The van der Waals surface area contributed by atoms with Crippen LogP contribution in [0.5, 0.6) is 0 Å². The van der Waals surface area contributed by atoms with Gasteiger partial charge in [-0.1, -0.05) is 6.08 Å². The molecule has 0 atom stereocenters. The molecule has 0 fully saturated rings. The van der Waals surface area contributed by atoms with Gasteiger partial charge >= 0.3 is 12.0 Å². The lowest BCUT2D eigenvalue weighted by atomic mass is 10.3. The van der Waals surface area contributed by atoms with Crippen LogP contribution in [0.4, 0.5) is 10.5 Å². The highest BCUT2D eigenvalue weighted by atomic mass is 16.5. The topological polar surface area (TPSA) is 94.7 Å². The number of aromatic amines is 1. The van der Waals surface area contributed by atoms with Gasteiger partial charge in [0, 0.05) is 25.9 Å². The number of carboxylic acid groups (broad SMARTS) is 1. The van der Waals surface area contributed by atoms with Gasteiger partial charge in [0.15, 0.2) is 0 Å². The largest absolute Gasteiger partial charge is 0.477 e. The molecule has 0 spiro atoms. The molecule has 1 rings (SSSR count). The van der Waals surface area contributed by atoms with E-state index in [2.05, 4.69) is 16.9 Å². The van der Waals surface area contributed by atoms with Crippen molar-refractivity contribution < 1.29 is 19.4 Å². The number of methoxy groups -OCH3 is 1. The molecule has 0 saturated heterocycles. The first-order valence-electron chi connectivity index (χ1n) is 6.08. The van der Waals surface area contributed by atoms with Gasteiger partial charge < -0.3 is 25.0 Å². The number of aryl methyl sites for hydroxylation is 1. The van der Waals surface area contributed by atoms with Gasteiger partial charge in [0.2, 0.25) is 0 Å². The van der Waals surface area contributed by atoms with Crippen LogP contribution in [-0.4, -0.2) is 53.8 Å². The lowest BCUT2D eigenvalue weighted by Gasteiger charge is -2.21. The summed E-state index contributed by atoms with van der Waals surface area (Å²) in [6.45, 7) is 6.43. The molecule has 0 aliphatic heterocycles. The molecule has 0 saturated carbocycles. The van der Waals surface area contributed by atoms with E-state index in [1.807, 2.05) is 0 Å². The summed E-state index contributed by atoms with van der Waals surface area (Å²) in [5.74, 6) is -1.12. The highest BCUT2D eigenvalue weighted by Gasteiger charge is 2.18. The zero-order valence-electron chi connectivity index (χ0n) is 11.6. The fourth-order valence-electron chi connectivity index (χ4n) is 1.68. The molecule has 3 N–H and O–H groups in total. The number of ether oxygens (including phenoxy) is 1. The molecule has 1 aromatic heterocycles. The Labute approximate surface area is 117 Å². The minimum atomic E-state index is -1.12. The fraction of sp³-hybridized carbons (Fsp3) is 0.385. The average molecular weight is 281 g/mol. The lowest BCUT2D eigenvalue weighted by Crippen LogP contribution is -2.37. The van der Waals surface area contributed by atoms with E-state index in [-0.39, 0.29) is 11.4 Å². The number of carboxylic acids is 1. The zero-order valence-corrected chi connectivity index (χ0v) is 11.6. The summed E-state index contributed by atoms with van der Waals surface area (Å²) in [4.78, 5) is 27.3. The molecule has 7 nitrogen and oxygen atoms in total. The molecular formula is C13H19N3O4. The third kappa shape index (κ3) is 4.13. The van der Waals surface area contributed by atoms with Crippen LogP contribution in [0.25, 0.3) is 0 Å². The molecule has 1 aromatic rings. The number of amides is 2. The van der Waals surface area contributed by atoms with Crippen LogP contribution < -0.4 is 5.32 Å². The number of rotatable bonds is 7. The normalized spacial score (nSPS) is 10.1. The predicted molar refractivity (Wildman–Crippen MR) is 75.2 cm³/mol. The number of urea groups is 1. The molecule has 0 radical (unpaired) electrons. The summed E-state index contributed by atoms with van der Waals surface area (Å²) in [5.41, 5.74) is 0.859. The summed E-state index contributed by atoms with van der Waals surface area (Å²) in [6.07, 6.45) is 1.59. The third-order valence-corrected chi connectivity index (χ3v) is 2.61. The van der Waals surface area contributed by atoms with Crippen LogP contribution in [0.15, 0.2) is 18.7 Å². The third-order valence-electron chi connectivity index (χ3n) is 2.61. The second-order valence-corrected chi connectivity index (χ2v) is 4.20. The van der Waals surface area contributed by atoms with Crippen molar-refractivity contribution in [1.82, 2.24) is 9.88 Å². The Hall–Kier alpha value is -2.28. The van der Waals surface area contributed by atoms with Crippen LogP contribution in [0.3, 0.4) is 0 Å². The molecule has 20 heavy (non-hydrogen) atoms. The molecule has 0 aliphatic rings. The van der Waals surface area contributed by atoms with Crippen molar-refractivity contribution in [3.05, 3.63) is 30.1 Å². The van der Waals surface area contributed by atoms with E-state index in [1.54, 1.807) is 26.2 Å². The minimum absolute atomic E-state index is 0.0406. The van der Waals surface area contributed by atoms with Gasteiger partial charge in [0.1, 0.15) is 5.69 Å². The number of nitrogens with one attached hydrogen (secondary N) is 2. The van der Waals surface area contributed by atoms with Gasteiger partial charge in [-0.25, -0.2) is 9.59 Å². The Morgan fingerprint density at radius 2 is 2.30 bits per heavy atom. The summed E-state index contributed by atoms with van der Waals surface area (Å²) >= 11 is 0. The number of hydrogen-bond donors (Lipinski definition) is 3. The molecular weight excluding hydrogens is 262 g/mol. The summed E-state index contributed by atoms with van der Waals surface area (Å²) < 4.78 is 4.93. The van der Waals surface area contributed by atoms with E-state index in [4.69, 9.17) is 9.84 Å². The van der Waals surface area contributed by atoms with Gasteiger partial charge in [0.25, 0.3) is 0 Å². The minimum Gasteiger partial charge on any atom is -0.477 e. The van der Waals surface area contributed by atoms with Gasteiger partial charge in [-0.05, 0) is 13.0 Å². The molecule has 7 heteroatoms. The predicted octanol–water partition coefficient (Wildman–Crippen LogP) is 1.69. The van der Waals surface area contributed by atoms with Crippen LogP contribution in [0.1, 0.15) is 16.2 Å². The first-order valence-corrected chi connectivity index (χ1v) is 6.08. The molecule has 110 valence electrons. The molecule has 0 aromatic carbocycles. The van der Waals surface area contributed by atoms with Crippen molar-refractivity contribution in [2.24, 2.45) is 0 Å². The van der Waals surface area contributed by atoms with E-state index >= 15 is 0 Å². The maximum Gasteiger partial charge on any atom is 0.354 e. The van der Waals surface area contributed by atoms with E-state index in [0.29, 0.717) is 25.4 Å². The number of carbonyl (C=O) groups is 2. The highest BCUT2D eigenvalue weighted by Crippen LogP contribution is 2.17. The Balaban J connectivity index is 2.81. The Morgan fingerprint density at radius 1 is 1.60 bits per heavy atom. The number of aromatic carboxylic acids is 1. The molecule has 0 bridgehead atoms. The van der Waals surface area contributed by atoms with E-state index in [1.165, 1.54) is 4.90 Å². The van der Waals surface area contributed by atoms with Crippen molar-refractivity contribution in [3.8, 4) is 0 Å². The van der Waals surface area contributed by atoms with Crippen molar-refractivity contribution in [1.29, 1.82) is 0 Å². The van der Waals surface area contributed by atoms with Crippen LogP contribution in [-0.2, 0) is 4.74 Å². The molecule has 0 aliphatic carbocycles. The maximum atomic E-state index is 12.1. The van der Waals surface area contributed by atoms with Crippen molar-refractivity contribution in [2.45, 2.75) is 6.92 Å². The van der Waals surface area contributed by atoms with Crippen molar-refractivity contribution in [3.63, 3.8) is 0 Å². The van der Waals surface area contributed by atoms with Gasteiger partial charge in [0.05, 0.1) is 12.3 Å². The van der Waals surface area contributed by atoms with Crippen molar-refractivity contribution >= 4 is 17.7 Å². The number of H-pyrrole nitrogens is 1. The highest BCUT2D eigenvalue weighted by molar-refractivity contribution is 5.99. The first-order chi connectivity index (χ1) is 9.49. The Bertz CT molecular complexity index is 496. The zero-order chi connectivity index (χ0) is 15.1. The number of carbonyl (C=O) groups excluding carboxylic acids is 1. The molecule has 0 unspecified atom stereocenters. The van der Waals surface area contributed by atoms with Crippen molar-refractivity contribution in [2.75, 3.05) is 32.1 Å². The average Bonchev–Trinajstić information content (AvgIpc) is 2.75. The summed E-state index contributed by atoms with van der Waals surface area (Å²) in [7, 11) is 1.54. The molecule has 2 amide bonds. The van der Waals surface area contributed by atoms with Crippen LogP contribution >= 0.6 is 0 Å². The smallest absolute Gasteiger partial charge is 0.354 e. The molecule has 1 heterocycles. The van der Waals surface area contributed by atoms with Gasteiger partial charge in [-0.3, -0.25) is 0 Å². The SMILES string of the molecule is C=CCN(CCOC)C(=O)Nc1cc(C)[nH]c1C(=O)O. The standard InChI is InChI=1S/C13H19N3O4/c1-4-5-16(6-7-20-3)13(19)15-10-8-9(2)14-11(10)12(17)18/h4,8,14H,1,5-7H2,2-3H3,(H,15,19)(H,17,18). The van der Waals surface area contributed by atoms with Gasteiger partial charge in [-0.15, -0.1) is 6.58 Å². The van der Waals surface area contributed by atoms with Crippen LogP contribution in [0.2, 0.25) is 0 Å². The Kier molecular flexibility index (Phi) is 5.79. The van der Waals surface area contributed by atoms with E-state index in [0.717, 1.165) is 0 Å². The lowest BCUT2D eigenvalue weighted by molar-refractivity contribution is 0.0692.